The molecule has 3 aromatic rings. The SMILES string of the molecule is COc1c(C(=O)O)ncc(F)c1NC(=O)OCC1c2ccccc2-c2ccccc21. The Kier molecular flexibility index (Phi) is 5.05. The Morgan fingerprint density at radius 1 is 1.10 bits per heavy atom. The van der Waals surface area contributed by atoms with Crippen LogP contribution in [0.25, 0.3) is 11.1 Å². The molecule has 0 fully saturated rings. The molecule has 1 aliphatic rings. The van der Waals surface area contributed by atoms with Gasteiger partial charge < -0.3 is 14.6 Å². The van der Waals surface area contributed by atoms with Crippen LogP contribution in [0.2, 0.25) is 0 Å². The van der Waals surface area contributed by atoms with E-state index in [1.807, 2.05) is 48.5 Å². The van der Waals surface area contributed by atoms with E-state index in [-0.39, 0.29) is 12.5 Å². The zero-order valence-electron chi connectivity index (χ0n) is 15.9. The Labute approximate surface area is 171 Å². The lowest BCUT2D eigenvalue weighted by Crippen LogP contribution is -2.20. The number of methoxy groups -OCH3 is 1. The first-order chi connectivity index (χ1) is 14.5. The van der Waals surface area contributed by atoms with Gasteiger partial charge in [-0.25, -0.2) is 19.0 Å². The van der Waals surface area contributed by atoms with Gasteiger partial charge in [0.15, 0.2) is 17.3 Å². The number of carbonyl (C=O) groups is 2. The number of carboxylic acid groups (broad SMARTS) is 1. The molecule has 0 spiro atoms. The van der Waals surface area contributed by atoms with Crippen molar-refractivity contribution in [2.75, 3.05) is 19.0 Å². The monoisotopic (exact) mass is 408 g/mol. The molecule has 4 rings (SSSR count). The molecule has 1 amide bonds. The van der Waals surface area contributed by atoms with Crippen molar-refractivity contribution < 1.29 is 28.6 Å². The highest BCUT2D eigenvalue weighted by molar-refractivity contribution is 5.94. The van der Waals surface area contributed by atoms with Gasteiger partial charge in [0.1, 0.15) is 12.3 Å². The Morgan fingerprint density at radius 2 is 1.70 bits per heavy atom. The fourth-order valence-electron chi connectivity index (χ4n) is 3.68. The van der Waals surface area contributed by atoms with E-state index in [4.69, 9.17) is 9.47 Å². The molecule has 0 saturated heterocycles. The van der Waals surface area contributed by atoms with Gasteiger partial charge >= 0.3 is 12.1 Å². The molecule has 1 aromatic heterocycles. The number of nitrogens with zero attached hydrogens (tertiary/aromatic N) is 1. The largest absolute Gasteiger partial charge is 0.492 e. The summed E-state index contributed by atoms with van der Waals surface area (Å²) in [4.78, 5) is 27.1. The quantitative estimate of drug-likeness (QED) is 0.654. The summed E-state index contributed by atoms with van der Waals surface area (Å²) in [5.74, 6) is -2.91. The number of anilines is 1. The summed E-state index contributed by atoms with van der Waals surface area (Å²) in [6.07, 6.45) is -0.234. The molecule has 30 heavy (non-hydrogen) atoms. The number of aromatic carboxylic acids is 1. The molecule has 1 heterocycles. The number of pyridine rings is 1. The molecule has 0 atom stereocenters. The van der Waals surface area contributed by atoms with Crippen molar-refractivity contribution in [2.45, 2.75) is 5.92 Å². The first-order valence-corrected chi connectivity index (χ1v) is 9.09. The van der Waals surface area contributed by atoms with Gasteiger partial charge in [-0.2, -0.15) is 0 Å². The van der Waals surface area contributed by atoms with E-state index in [9.17, 15) is 19.1 Å². The van der Waals surface area contributed by atoms with Crippen LogP contribution in [0.3, 0.4) is 0 Å². The maximum Gasteiger partial charge on any atom is 0.411 e. The van der Waals surface area contributed by atoms with Gasteiger partial charge in [-0.3, -0.25) is 5.32 Å². The number of nitrogens with one attached hydrogen (secondary N) is 1. The van der Waals surface area contributed by atoms with E-state index >= 15 is 0 Å². The standard InChI is InChI=1S/C22H17FN2O5/c1-29-20-18(17(23)10-24-19(20)21(26)27)25-22(28)30-11-16-14-8-4-2-6-12(14)13-7-3-5-9-15(13)16/h2-10,16H,11H2,1H3,(H,26,27)(H,24,25,28). The highest BCUT2D eigenvalue weighted by atomic mass is 19.1. The summed E-state index contributed by atoms with van der Waals surface area (Å²) in [6.45, 7) is 0.0284. The number of carboxylic acids is 1. The molecule has 152 valence electrons. The molecule has 0 aliphatic heterocycles. The van der Waals surface area contributed by atoms with Gasteiger partial charge in [0, 0.05) is 5.92 Å². The molecule has 0 radical (unpaired) electrons. The zero-order chi connectivity index (χ0) is 21.3. The highest BCUT2D eigenvalue weighted by Crippen LogP contribution is 2.44. The average Bonchev–Trinajstić information content (AvgIpc) is 3.07. The predicted molar refractivity (Wildman–Crippen MR) is 106 cm³/mol. The summed E-state index contributed by atoms with van der Waals surface area (Å²) in [5, 5.41) is 11.4. The topological polar surface area (TPSA) is 97.8 Å². The van der Waals surface area contributed by atoms with Crippen molar-refractivity contribution >= 4 is 17.7 Å². The first kappa shape index (κ1) is 19.4. The van der Waals surface area contributed by atoms with Crippen LogP contribution < -0.4 is 10.1 Å². The van der Waals surface area contributed by atoms with Gasteiger partial charge in [-0.15, -0.1) is 0 Å². The second kappa shape index (κ2) is 7.82. The Balaban J connectivity index is 1.54. The maximum absolute atomic E-state index is 14.2. The minimum atomic E-state index is -1.41. The van der Waals surface area contributed by atoms with Crippen LogP contribution in [0.1, 0.15) is 27.5 Å². The number of carbonyl (C=O) groups excluding carboxylic acids is 1. The van der Waals surface area contributed by atoms with Crippen LogP contribution >= 0.6 is 0 Å². The molecule has 0 unspecified atom stereocenters. The summed E-state index contributed by atoms with van der Waals surface area (Å²) < 4.78 is 24.5. The van der Waals surface area contributed by atoms with Crippen molar-refractivity contribution in [2.24, 2.45) is 0 Å². The van der Waals surface area contributed by atoms with Crippen molar-refractivity contribution in [3.05, 3.63) is 77.4 Å². The van der Waals surface area contributed by atoms with E-state index in [0.29, 0.717) is 6.20 Å². The Hall–Kier alpha value is -3.94. The Morgan fingerprint density at radius 3 is 2.27 bits per heavy atom. The smallest absolute Gasteiger partial charge is 0.411 e. The zero-order valence-corrected chi connectivity index (χ0v) is 15.9. The number of halogens is 1. The first-order valence-electron chi connectivity index (χ1n) is 9.09. The van der Waals surface area contributed by atoms with E-state index in [1.54, 1.807) is 0 Å². The molecule has 2 aromatic carbocycles. The van der Waals surface area contributed by atoms with Crippen LogP contribution in [0.5, 0.6) is 5.75 Å². The number of hydrogen-bond acceptors (Lipinski definition) is 5. The molecule has 8 heteroatoms. The maximum atomic E-state index is 14.2. The number of aromatic nitrogens is 1. The van der Waals surface area contributed by atoms with E-state index < -0.39 is 35.0 Å². The lowest BCUT2D eigenvalue weighted by Gasteiger charge is -2.16. The minimum absolute atomic E-state index is 0.0284. The van der Waals surface area contributed by atoms with Gasteiger partial charge in [-0.1, -0.05) is 48.5 Å². The van der Waals surface area contributed by atoms with Crippen LogP contribution in [0, 0.1) is 5.82 Å². The minimum Gasteiger partial charge on any atom is -0.492 e. The lowest BCUT2D eigenvalue weighted by molar-refractivity contribution is 0.0686. The molecule has 0 saturated carbocycles. The van der Waals surface area contributed by atoms with Crippen molar-refractivity contribution in [3.8, 4) is 16.9 Å². The summed E-state index contributed by atoms with van der Waals surface area (Å²) in [7, 11) is 1.16. The Bertz CT molecular complexity index is 1100. The van der Waals surface area contributed by atoms with E-state index in [2.05, 4.69) is 10.3 Å². The van der Waals surface area contributed by atoms with Crippen LogP contribution in [0.15, 0.2) is 54.7 Å². The summed E-state index contributed by atoms with van der Waals surface area (Å²) in [6, 6.07) is 15.7. The highest BCUT2D eigenvalue weighted by Gasteiger charge is 2.29. The number of amides is 1. The third-order valence-corrected chi connectivity index (χ3v) is 4.97. The van der Waals surface area contributed by atoms with Crippen molar-refractivity contribution in [1.82, 2.24) is 4.98 Å². The average molecular weight is 408 g/mol. The van der Waals surface area contributed by atoms with Crippen LogP contribution in [-0.2, 0) is 4.74 Å². The third kappa shape index (κ3) is 3.32. The second-order valence-corrected chi connectivity index (χ2v) is 6.62. The lowest BCUT2D eigenvalue weighted by atomic mass is 9.98. The predicted octanol–water partition coefficient (Wildman–Crippen LogP) is 4.29. The third-order valence-electron chi connectivity index (χ3n) is 4.97. The van der Waals surface area contributed by atoms with Crippen LogP contribution in [0.4, 0.5) is 14.9 Å². The van der Waals surface area contributed by atoms with E-state index in [1.165, 1.54) is 0 Å². The molecule has 7 nitrogen and oxygen atoms in total. The molecule has 0 bridgehead atoms. The molecular weight excluding hydrogens is 391 g/mol. The summed E-state index contributed by atoms with van der Waals surface area (Å²) in [5.41, 5.74) is 3.26. The number of ether oxygens (including phenoxy) is 2. The normalized spacial score (nSPS) is 12.1. The van der Waals surface area contributed by atoms with Gasteiger partial charge in [-0.05, 0) is 22.3 Å². The molecule has 1 aliphatic carbocycles. The number of rotatable bonds is 5. The molecule has 2 N–H and O–H groups in total. The molecular formula is C22H17FN2O5. The summed E-state index contributed by atoms with van der Waals surface area (Å²) >= 11 is 0. The van der Waals surface area contributed by atoms with E-state index in [0.717, 1.165) is 29.4 Å². The van der Waals surface area contributed by atoms with Gasteiger partial charge in [0.2, 0.25) is 0 Å². The van der Waals surface area contributed by atoms with Crippen molar-refractivity contribution in [1.29, 1.82) is 0 Å². The number of benzene rings is 2. The fourth-order valence-corrected chi connectivity index (χ4v) is 3.68. The number of hydrogen-bond donors (Lipinski definition) is 2. The van der Waals surface area contributed by atoms with Crippen LogP contribution in [-0.4, -0.2) is 35.9 Å². The van der Waals surface area contributed by atoms with Gasteiger partial charge in [0.05, 0.1) is 13.3 Å². The number of fused-ring (bicyclic) bond motifs is 3. The fraction of sp³-hybridized carbons (Fsp3) is 0.136. The second-order valence-electron chi connectivity index (χ2n) is 6.62. The van der Waals surface area contributed by atoms with Gasteiger partial charge in [0.25, 0.3) is 0 Å². The van der Waals surface area contributed by atoms with Crippen molar-refractivity contribution in [3.63, 3.8) is 0 Å².